The molecule has 1 unspecified atom stereocenters. The van der Waals surface area contributed by atoms with Crippen molar-refractivity contribution in [3.8, 4) is 0 Å². The number of carboxylic acids is 1. The SMILES string of the molecule is O=C(O)C1CSC(=S)O1. The predicted octanol–water partition coefficient (Wildman–Crippen LogP) is 0.488. The van der Waals surface area contributed by atoms with Crippen LogP contribution in [0.25, 0.3) is 0 Å². The molecule has 9 heavy (non-hydrogen) atoms. The van der Waals surface area contributed by atoms with Gasteiger partial charge in [-0.25, -0.2) is 4.79 Å². The molecule has 1 rings (SSSR count). The molecular formula is C4H4O3S2. The van der Waals surface area contributed by atoms with Gasteiger partial charge in [-0.05, 0) is 12.2 Å². The number of hydrogen-bond acceptors (Lipinski definition) is 4. The minimum absolute atomic E-state index is 0.336. The molecule has 3 nitrogen and oxygen atoms in total. The lowest BCUT2D eigenvalue weighted by Crippen LogP contribution is -2.21. The Balaban J connectivity index is 2.48. The molecule has 1 N–H and O–H groups in total. The molecule has 1 heterocycles. The second-order valence-corrected chi connectivity index (χ2v) is 3.13. The van der Waals surface area contributed by atoms with Crippen molar-refractivity contribution in [2.24, 2.45) is 0 Å². The van der Waals surface area contributed by atoms with Gasteiger partial charge in [0, 0.05) is 0 Å². The molecule has 0 aliphatic carbocycles. The quantitative estimate of drug-likeness (QED) is 0.571. The van der Waals surface area contributed by atoms with Gasteiger partial charge in [-0.1, -0.05) is 11.8 Å². The van der Waals surface area contributed by atoms with Crippen molar-refractivity contribution < 1.29 is 14.6 Å². The molecule has 1 fully saturated rings. The Hall–Kier alpha value is -0.290. The zero-order valence-electron chi connectivity index (χ0n) is 4.36. The maximum atomic E-state index is 10.1. The number of hydrogen-bond donors (Lipinski definition) is 1. The van der Waals surface area contributed by atoms with Gasteiger partial charge in [0.2, 0.25) is 10.5 Å². The van der Waals surface area contributed by atoms with Crippen LogP contribution in [0, 0.1) is 0 Å². The summed E-state index contributed by atoms with van der Waals surface area (Å²) >= 11 is 5.85. The van der Waals surface area contributed by atoms with E-state index in [0.29, 0.717) is 10.1 Å². The molecule has 0 aromatic heterocycles. The molecule has 0 aromatic carbocycles. The largest absolute Gasteiger partial charge is 0.478 e. The van der Waals surface area contributed by atoms with E-state index < -0.39 is 12.1 Å². The lowest BCUT2D eigenvalue weighted by Gasteiger charge is -1.99. The highest BCUT2D eigenvalue weighted by atomic mass is 32.2. The Morgan fingerprint density at radius 1 is 2.00 bits per heavy atom. The second-order valence-electron chi connectivity index (χ2n) is 1.51. The van der Waals surface area contributed by atoms with Crippen LogP contribution < -0.4 is 0 Å². The summed E-state index contributed by atoms with van der Waals surface area (Å²) in [5.74, 6) is -0.504. The van der Waals surface area contributed by atoms with Crippen molar-refractivity contribution in [1.29, 1.82) is 0 Å². The Morgan fingerprint density at radius 2 is 2.67 bits per heavy atom. The maximum absolute atomic E-state index is 10.1. The maximum Gasteiger partial charge on any atom is 0.345 e. The van der Waals surface area contributed by atoms with Gasteiger partial charge >= 0.3 is 5.97 Å². The number of thiocarbonyl (C=S) groups is 1. The van der Waals surface area contributed by atoms with Gasteiger partial charge in [-0.3, -0.25) is 0 Å². The van der Waals surface area contributed by atoms with Crippen LogP contribution in [0.1, 0.15) is 0 Å². The van der Waals surface area contributed by atoms with E-state index in [1.807, 2.05) is 0 Å². The zero-order valence-corrected chi connectivity index (χ0v) is 6.00. The summed E-state index contributed by atoms with van der Waals surface area (Å²) in [6.07, 6.45) is -0.720. The smallest absolute Gasteiger partial charge is 0.345 e. The Bertz CT molecular complexity index is 156. The van der Waals surface area contributed by atoms with Gasteiger partial charge in [0.15, 0.2) is 0 Å². The van der Waals surface area contributed by atoms with E-state index in [2.05, 4.69) is 12.2 Å². The molecule has 1 atom stereocenters. The third kappa shape index (κ3) is 1.56. The molecule has 0 aromatic rings. The van der Waals surface area contributed by atoms with Crippen LogP contribution in [-0.4, -0.2) is 27.3 Å². The molecule has 0 bridgehead atoms. The van der Waals surface area contributed by atoms with E-state index in [0.717, 1.165) is 0 Å². The molecule has 1 aliphatic rings. The van der Waals surface area contributed by atoms with Crippen molar-refractivity contribution in [3.63, 3.8) is 0 Å². The number of carboxylic acid groups (broad SMARTS) is 1. The van der Waals surface area contributed by atoms with Crippen LogP contribution in [0.5, 0.6) is 0 Å². The number of carbonyl (C=O) groups is 1. The topological polar surface area (TPSA) is 46.5 Å². The van der Waals surface area contributed by atoms with Crippen molar-refractivity contribution >= 4 is 34.3 Å². The fraction of sp³-hybridized carbons (Fsp3) is 0.500. The Morgan fingerprint density at radius 3 is 2.89 bits per heavy atom. The molecular weight excluding hydrogens is 160 g/mol. The lowest BCUT2D eigenvalue weighted by molar-refractivity contribution is -0.143. The summed E-state index contributed by atoms with van der Waals surface area (Å²) in [4.78, 5) is 10.1. The number of ether oxygens (including phenoxy) is 1. The van der Waals surface area contributed by atoms with E-state index in [1.54, 1.807) is 0 Å². The molecule has 0 spiro atoms. The molecule has 50 valence electrons. The first kappa shape index (κ1) is 6.82. The molecule has 1 aliphatic heterocycles. The van der Waals surface area contributed by atoms with Crippen LogP contribution in [0.2, 0.25) is 0 Å². The summed E-state index contributed by atoms with van der Waals surface area (Å²) in [6.45, 7) is 0. The average Bonchev–Trinajstić information content (AvgIpc) is 2.14. The Labute approximate surface area is 61.4 Å². The molecule has 1 saturated heterocycles. The molecule has 5 heteroatoms. The highest BCUT2D eigenvalue weighted by Gasteiger charge is 2.27. The van der Waals surface area contributed by atoms with Crippen LogP contribution in [-0.2, 0) is 9.53 Å². The molecule has 0 saturated carbocycles. The van der Waals surface area contributed by atoms with E-state index in [9.17, 15) is 4.79 Å². The monoisotopic (exact) mass is 164 g/mol. The molecule has 0 radical (unpaired) electrons. The third-order valence-corrected chi connectivity index (χ3v) is 2.12. The highest BCUT2D eigenvalue weighted by Crippen LogP contribution is 2.19. The second kappa shape index (κ2) is 2.53. The highest BCUT2D eigenvalue weighted by molar-refractivity contribution is 8.22. The fourth-order valence-electron chi connectivity index (χ4n) is 0.450. The summed E-state index contributed by atoms with van der Waals surface area (Å²) < 4.78 is 5.05. The van der Waals surface area contributed by atoms with Crippen LogP contribution in [0.3, 0.4) is 0 Å². The number of thioether (sulfide) groups is 1. The van der Waals surface area contributed by atoms with Gasteiger partial charge in [-0.2, -0.15) is 0 Å². The lowest BCUT2D eigenvalue weighted by atomic mass is 10.4. The minimum Gasteiger partial charge on any atom is -0.478 e. The number of aliphatic carboxylic acids is 1. The predicted molar refractivity (Wildman–Crippen MR) is 37.6 cm³/mol. The van der Waals surface area contributed by atoms with Gasteiger partial charge in [0.05, 0.1) is 5.75 Å². The van der Waals surface area contributed by atoms with Gasteiger partial charge < -0.3 is 9.84 Å². The zero-order chi connectivity index (χ0) is 6.85. The fourth-order valence-corrected chi connectivity index (χ4v) is 1.45. The van der Waals surface area contributed by atoms with E-state index >= 15 is 0 Å². The Kier molecular flexibility index (Phi) is 1.92. The van der Waals surface area contributed by atoms with Crippen molar-refractivity contribution in [3.05, 3.63) is 0 Å². The van der Waals surface area contributed by atoms with Crippen LogP contribution in [0.15, 0.2) is 0 Å². The van der Waals surface area contributed by atoms with Gasteiger partial charge in [0.1, 0.15) is 0 Å². The van der Waals surface area contributed by atoms with E-state index in [1.165, 1.54) is 11.8 Å². The summed E-state index contributed by atoms with van der Waals surface area (Å²) in [6, 6.07) is 0. The third-order valence-electron chi connectivity index (χ3n) is 0.866. The van der Waals surface area contributed by atoms with Crippen LogP contribution in [0.4, 0.5) is 0 Å². The van der Waals surface area contributed by atoms with Crippen LogP contribution >= 0.6 is 24.0 Å². The standard InChI is InChI=1S/C4H4O3S2/c5-3(6)2-1-9-4(8)7-2/h2H,1H2,(H,5,6). The first-order valence-corrected chi connectivity index (χ1v) is 3.66. The number of rotatable bonds is 1. The average molecular weight is 164 g/mol. The molecule has 0 amide bonds. The van der Waals surface area contributed by atoms with Gasteiger partial charge in [0.25, 0.3) is 0 Å². The van der Waals surface area contributed by atoms with E-state index in [4.69, 9.17) is 9.84 Å². The summed E-state index contributed by atoms with van der Waals surface area (Å²) in [7, 11) is 0. The van der Waals surface area contributed by atoms with Crippen molar-refractivity contribution in [2.45, 2.75) is 6.10 Å². The normalized spacial score (nSPS) is 25.8. The van der Waals surface area contributed by atoms with E-state index in [-0.39, 0.29) is 0 Å². The summed E-state index contributed by atoms with van der Waals surface area (Å²) in [5, 5.41) is 8.33. The van der Waals surface area contributed by atoms with Crippen molar-refractivity contribution in [2.75, 3.05) is 5.75 Å². The first-order chi connectivity index (χ1) is 4.20. The first-order valence-electron chi connectivity index (χ1n) is 2.26. The van der Waals surface area contributed by atoms with Crippen molar-refractivity contribution in [1.82, 2.24) is 0 Å². The van der Waals surface area contributed by atoms with Gasteiger partial charge in [-0.15, -0.1) is 0 Å². The minimum atomic E-state index is -0.942. The summed E-state index contributed by atoms with van der Waals surface area (Å²) in [5.41, 5.74) is 0.